The van der Waals surface area contributed by atoms with Crippen LogP contribution in [0.25, 0.3) is 11.3 Å². The minimum absolute atomic E-state index is 0.00873. The van der Waals surface area contributed by atoms with Crippen LogP contribution in [-0.4, -0.2) is 48.9 Å². The van der Waals surface area contributed by atoms with Gasteiger partial charge in [-0.3, -0.25) is 4.79 Å². The van der Waals surface area contributed by atoms with E-state index in [1.807, 2.05) is 4.90 Å². The number of carbonyl (C=O) groups is 2. The summed E-state index contributed by atoms with van der Waals surface area (Å²) in [5.74, 6) is -1.15. The van der Waals surface area contributed by atoms with E-state index in [4.69, 9.17) is 9.26 Å². The molecule has 8 nitrogen and oxygen atoms in total. The number of aromatic nitrogens is 1. The van der Waals surface area contributed by atoms with Gasteiger partial charge in [0.15, 0.2) is 28.7 Å². The van der Waals surface area contributed by atoms with E-state index >= 15 is 0 Å². The minimum atomic E-state index is -1.17. The van der Waals surface area contributed by atoms with Crippen LogP contribution in [0.1, 0.15) is 30.1 Å². The highest BCUT2D eigenvalue weighted by Crippen LogP contribution is 2.35. The summed E-state index contributed by atoms with van der Waals surface area (Å²) in [4.78, 5) is 24.8. The highest BCUT2D eigenvalue weighted by Gasteiger charge is 2.30. The van der Waals surface area contributed by atoms with Crippen LogP contribution >= 0.6 is 0 Å². The second-order valence-corrected chi connectivity index (χ2v) is 6.73. The van der Waals surface area contributed by atoms with E-state index in [0.717, 1.165) is 12.8 Å². The molecule has 0 unspecified atom stereocenters. The van der Waals surface area contributed by atoms with Crippen molar-refractivity contribution in [2.75, 3.05) is 31.6 Å². The third-order valence-electron chi connectivity index (χ3n) is 4.85. The molecule has 0 atom stereocenters. The number of methoxy groups -OCH3 is 1. The first kappa shape index (κ1) is 19.7. The number of aromatic carboxylic acids is 1. The molecule has 1 aromatic heterocycles. The molecule has 1 saturated heterocycles. The van der Waals surface area contributed by atoms with Gasteiger partial charge in [0, 0.05) is 32.1 Å². The third-order valence-corrected chi connectivity index (χ3v) is 4.85. The number of hydrogen-bond acceptors (Lipinski definition) is 6. The predicted octanol–water partition coefficient (Wildman–Crippen LogP) is 2.54. The summed E-state index contributed by atoms with van der Waals surface area (Å²) >= 11 is 0. The maximum absolute atomic E-state index is 13.7. The van der Waals surface area contributed by atoms with E-state index in [0.29, 0.717) is 31.1 Å². The summed E-state index contributed by atoms with van der Waals surface area (Å²) in [7, 11) is 1.33. The van der Waals surface area contributed by atoms with Crippen LogP contribution in [-0.2, 0) is 4.79 Å². The second-order valence-electron chi connectivity index (χ2n) is 6.73. The number of nitrogens with one attached hydrogen (secondary N) is 1. The first-order chi connectivity index (χ1) is 13.4. The Labute approximate surface area is 161 Å². The Kier molecular flexibility index (Phi) is 5.81. The van der Waals surface area contributed by atoms with Crippen LogP contribution in [0, 0.1) is 11.7 Å². The Hall–Kier alpha value is -3.10. The molecule has 2 heterocycles. The molecule has 2 N–H and O–H groups in total. The van der Waals surface area contributed by atoms with Gasteiger partial charge in [-0.25, -0.2) is 9.18 Å². The van der Waals surface area contributed by atoms with Gasteiger partial charge in [0.2, 0.25) is 5.91 Å². The first-order valence-electron chi connectivity index (χ1n) is 8.97. The molecule has 28 heavy (non-hydrogen) atoms. The predicted molar refractivity (Wildman–Crippen MR) is 99.0 cm³/mol. The average molecular weight is 391 g/mol. The molecule has 0 saturated carbocycles. The molecule has 1 amide bonds. The van der Waals surface area contributed by atoms with Crippen LogP contribution < -0.4 is 15.0 Å². The lowest BCUT2D eigenvalue weighted by Gasteiger charge is -2.32. The van der Waals surface area contributed by atoms with Crippen LogP contribution in [0.15, 0.2) is 22.7 Å². The molecule has 0 aliphatic carbocycles. The smallest absolute Gasteiger partial charge is 0.343 e. The molecule has 1 aromatic carbocycles. The average Bonchev–Trinajstić information content (AvgIpc) is 3.12. The Morgan fingerprint density at radius 3 is 2.71 bits per heavy atom. The molecular weight excluding hydrogens is 369 g/mol. The number of anilines is 1. The van der Waals surface area contributed by atoms with Gasteiger partial charge in [-0.05, 0) is 37.0 Å². The minimum Gasteiger partial charge on any atom is -0.494 e. The highest BCUT2D eigenvalue weighted by atomic mass is 19.1. The van der Waals surface area contributed by atoms with Gasteiger partial charge in [-0.2, -0.15) is 0 Å². The largest absolute Gasteiger partial charge is 0.494 e. The van der Waals surface area contributed by atoms with Crippen molar-refractivity contribution < 1.29 is 28.3 Å². The quantitative estimate of drug-likeness (QED) is 0.780. The zero-order valence-corrected chi connectivity index (χ0v) is 15.7. The van der Waals surface area contributed by atoms with Crippen molar-refractivity contribution in [3.05, 3.63) is 29.6 Å². The number of ether oxygens (including phenoxy) is 1. The van der Waals surface area contributed by atoms with E-state index in [1.54, 1.807) is 0 Å². The van der Waals surface area contributed by atoms with E-state index in [1.165, 1.54) is 32.2 Å². The number of benzene rings is 1. The number of piperidine rings is 1. The van der Waals surface area contributed by atoms with E-state index < -0.39 is 11.8 Å². The molecule has 2 aromatic rings. The number of halogens is 1. The van der Waals surface area contributed by atoms with Gasteiger partial charge in [0.25, 0.3) is 0 Å². The first-order valence-corrected chi connectivity index (χ1v) is 8.97. The number of nitrogens with zero attached hydrogens (tertiary/aromatic N) is 2. The zero-order valence-electron chi connectivity index (χ0n) is 15.7. The molecule has 150 valence electrons. The summed E-state index contributed by atoms with van der Waals surface area (Å²) in [6, 6.07) is 4.00. The van der Waals surface area contributed by atoms with Crippen molar-refractivity contribution in [1.82, 2.24) is 10.5 Å². The van der Waals surface area contributed by atoms with Crippen molar-refractivity contribution in [3.63, 3.8) is 0 Å². The molecule has 1 aliphatic rings. The molecule has 9 heteroatoms. The fourth-order valence-corrected chi connectivity index (χ4v) is 3.33. The van der Waals surface area contributed by atoms with Crippen molar-refractivity contribution in [2.45, 2.75) is 19.8 Å². The normalized spacial score (nSPS) is 14.8. The van der Waals surface area contributed by atoms with Gasteiger partial charge < -0.3 is 24.6 Å². The maximum atomic E-state index is 13.7. The fraction of sp³-hybridized carbons (Fsp3) is 0.421. The Balaban J connectivity index is 1.82. The van der Waals surface area contributed by atoms with E-state index in [2.05, 4.69) is 10.5 Å². The van der Waals surface area contributed by atoms with E-state index in [9.17, 15) is 19.1 Å². The summed E-state index contributed by atoms with van der Waals surface area (Å²) < 4.78 is 24.0. The number of rotatable bonds is 6. The van der Waals surface area contributed by atoms with E-state index in [-0.39, 0.29) is 28.8 Å². The van der Waals surface area contributed by atoms with Gasteiger partial charge >= 0.3 is 5.97 Å². The van der Waals surface area contributed by atoms with Gasteiger partial charge in [0.1, 0.15) is 0 Å². The summed E-state index contributed by atoms with van der Waals surface area (Å²) in [6.45, 7) is 3.29. The zero-order chi connectivity index (χ0) is 20.3. The van der Waals surface area contributed by atoms with Gasteiger partial charge in [-0.15, -0.1) is 0 Å². The molecule has 0 spiro atoms. The lowest BCUT2D eigenvalue weighted by atomic mass is 9.96. The topological polar surface area (TPSA) is 105 Å². The lowest BCUT2D eigenvalue weighted by molar-refractivity contribution is -0.119. The Morgan fingerprint density at radius 1 is 1.39 bits per heavy atom. The van der Waals surface area contributed by atoms with Crippen LogP contribution in [0.4, 0.5) is 10.2 Å². The standard InChI is InChI=1S/C19H22FN3O5/c1-11(24)21-10-12-5-7-23(8-6-12)18-16(19(25)26)17(28-22-18)13-3-4-14(20)15(9-13)27-2/h3-4,9,12H,5-8,10H2,1-2H3,(H,21,24)(H,25,26). The van der Waals surface area contributed by atoms with Crippen molar-refractivity contribution in [2.24, 2.45) is 5.92 Å². The number of hydrogen-bond donors (Lipinski definition) is 2. The molecule has 1 fully saturated rings. The molecule has 1 aliphatic heterocycles. The Bertz CT molecular complexity index is 874. The van der Waals surface area contributed by atoms with Crippen LogP contribution in [0.2, 0.25) is 0 Å². The second kappa shape index (κ2) is 8.28. The lowest BCUT2D eigenvalue weighted by Crippen LogP contribution is -2.38. The van der Waals surface area contributed by atoms with Crippen LogP contribution in [0.5, 0.6) is 5.75 Å². The van der Waals surface area contributed by atoms with Crippen molar-refractivity contribution in [1.29, 1.82) is 0 Å². The summed E-state index contributed by atoms with van der Waals surface area (Å²) in [5.41, 5.74) is 0.309. The summed E-state index contributed by atoms with van der Waals surface area (Å²) in [5, 5.41) is 16.5. The maximum Gasteiger partial charge on any atom is 0.343 e. The van der Waals surface area contributed by atoms with Crippen molar-refractivity contribution >= 4 is 17.7 Å². The number of carboxylic acids is 1. The molecule has 0 radical (unpaired) electrons. The monoisotopic (exact) mass is 391 g/mol. The third kappa shape index (κ3) is 4.08. The van der Waals surface area contributed by atoms with Crippen molar-refractivity contribution in [3.8, 4) is 17.1 Å². The molecule has 3 rings (SSSR count). The number of carboxylic acid groups (broad SMARTS) is 1. The molecular formula is C19H22FN3O5. The van der Waals surface area contributed by atoms with Crippen LogP contribution in [0.3, 0.4) is 0 Å². The fourth-order valence-electron chi connectivity index (χ4n) is 3.33. The highest BCUT2D eigenvalue weighted by molar-refractivity contribution is 5.99. The SMILES string of the molecule is COc1cc(-c2onc(N3CCC(CNC(C)=O)CC3)c2C(=O)O)ccc1F. The molecule has 0 bridgehead atoms. The summed E-state index contributed by atoms with van der Waals surface area (Å²) in [6.07, 6.45) is 1.60. The number of carbonyl (C=O) groups excluding carboxylic acids is 1. The van der Waals surface area contributed by atoms with Gasteiger partial charge in [0.05, 0.1) is 7.11 Å². The Morgan fingerprint density at radius 2 is 2.11 bits per heavy atom. The van der Waals surface area contributed by atoms with Gasteiger partial charge in [-0.1, -0.05) is 5.16 Å². The number of amides is 1.